The molecular formula is C17H28N3O3-. The van der Waals surface area contributed by atoms with E-state index in [1.54, 1.807) is 27.8 Å². The number of hydrogen-bond donors (Lipinski definition) is 0. The molecule has 0 unspecified atom stereocenters. The zero-order chi connectivity index (χ0) is 17.5. The van der Waals surface area contributed by atoms with Crippen LogP contribution in [-0.4, -0.2) is 72.0 Å². The Bertz CT molecular complexity index is 468. The minimum Gasteiger partial charge on any atom is -0.530 e. The third kappa shape index (κ3) is 6.91. The van der Waals surface area contributed by atoms with E-state index in [0.717, 1.165) is 19.6 Å². The maximum atomic E-state index is 12.1. The minimum atomic E-state index is -1.25. The molecule has 2 amide bonds. The molecule has 23 heavy (non-hydrogen) atoms. The molecule has 1 fully saturated rings. The molecule has 0 aromatic rings. The van der Waals surface area contributed by atoms with Crippen LogP contribution in [0.5, 0.6) is 0 Å². The highest BCUT2D eigenvalue weighted by Crippen LogP contribution is 2.13. The molecule has 6 heteroatoms. The molecule has 0 aliphatic carbocycles. The van der Waals surface area contributed by atoms with E-state index in [9.17, 15) is 14.7 Å². The highest BCUT2D eigenvalue weighted by molar-refractivity contribution is 5.77. The van der Waals surface area contributed by atoms with Crippen LogP contribution in [0.4, 0.5) is 4.79 Å². The van der Waals surface area contributed by atoms with Gasteiger partial charge >= 0.3 is 0 Å². The van der Waals surface area contributed by atoms with E-state index in [-0.39, 0.29) is 18.9 Å². The lowest BCUT2D eigenvalue weighted by Crippen LogP contribution is -2.52. The van der Waals surface area contributed by atoms with Gasteiger partial charge in [0.05, 0.1) is 13.1 Å². The molecule has 1 aliphatic heterocycles. The van der Waals surface area contributed by atoms with Crippen LogP contribution in [0, 0.1) is 11.8 Å². The molecular weight excluding hydrogens is 294 g/mol. The van der Waals surface area contributed by atoms with Crippen LogP contribution in [0.15, 0.2) is 0 Å². The van der Waals surface area contributed by atoms with Crippen LogP contribution >= 0.6 is 0 Å². The van der Waals surface area contributed by atoms with Gasteiger partial charge in [0.1, 0.15) is 6.09 Å². The van der Waals surface area contributed by atoms with Crippen LogP contribution in [0.2, 0.25) is 0 Å². The number of carboxylic acid groups (broad SMARTS) is 1. The molecule has 0 atom stereocenters. The first-order valence-electron chi connectivity index (χ1n) is 8.12. The first kappa shape index (κ1) is 19.3. The zero-order valence-electron chi connectivity index (χ0n) is 14.7. The molecule has 130 valence electrons. The maximum absolute atomic E-state index is 12.1. The van der Waals surface area contributed by atoms with Crippen molar-refractivity contribution in [1.29, 1.82) is 0 Å². The summed E-state index contributed by atoms with van der Waals surface area (Å²) < 4.78 is 0. The zero-order valence-corrected chi connectivity index (χ0v) is 14.7. The predicted molar refractivity (Wildman–Crippen MR) is 87.6 cm³/mol. The first-order chi connectivity index (χ1) is 10.7. The molecule has 1 rings (SSSR count). The van der Waals surface area contributed by atoms with Crippen molar-refractivity contribution in [3.05, 3.63) is 0 Å². The Morgan fingerprint density at radius 1 is 1.17 bits per heavy atom. The molecule has 6 nitrogen and oxygen atoms in total. The highest BCUT2D eigenvalue weighted by Gasteiger charge is 2.22. The average molecular weight is 322 g/mol. The van der Waals surface area contributed by atoms with Crippen LogP contribution in [0.1, 0.15) is 40.0 Å². The summed E-state index contributed by atoms with van der Waals surface area (Å²) in [5, 5.41) is 11.1. The lowest BCUT2D eigenvalue weighted by Gasteiger charge is -2.38. The van der Waals surface area contributed by atoms with Gasteiger partial charge < -0.3 is 19.7 Å². The summed E-state index contributed by atoms with van der Waals surface area (Å²) in [6.45, 7) is 8.81. The van der Waals surface area contributed by atoms with Gasteiger partial charge in [-0.05, 0) is 46.7 Å². The number of rotatable bonds is 5. The molecule has 0 radical (unpaired) electrons. The van der Waals surface area contributed by atoms with E-state index in [0.29, 0.717) is 6.54 Å². The van der Waals surface area contributed by atoms with Gasteiger partial charge in [0.15, 0.2) is 0 Å². The SMILES string of the molecule is CN(CC#CCN1CCCC1)C(=O)CCN(C(=O)[O-])C(C)(C)C. The summed E-state index contributed by atoms with van der Waals surface area (Å²) in [5.74, 6) is 5.98. The smallest absolute Gasteiger partial charge is 0.224 e. The summed E-state index contributed by atoms with van der Waals surface area (Å²) in [4.78, 5) is 28.2. The van der Waals surface area contributed by atoms with Crippen molar-refractivity contribution >= 4 is 12.0 Å². The third-order valence-electron chi connectivity index (χ3n) is 3.95. The van der Waals surface area contributed by atoms with E-state index in [1.807, 2.05) is 0 Å². The molecule has 0 saturated carbocycles. The molecule has 0 aromatic carbocycles. The molecule has 1 aliphatic rings. The van der Waals surface area contributed by atoms with Crippen LogP contribution in [0.25, 0.3) is 0 Å². The van der Waals surface area contributed by atoms with Gasteiger partial charge in [-0.2, -0.15) is 0 Å². The van der Waals surface area contributed by atoms with Crippen molar-refractivity contribution in [2.24, 2.45) is 0 Å². The van der Waals surface area contributed by atoms with Gasteiger partial charge in [-0.3, -0.25) is 9.69 Å². The van der Waals surface area contributed by atoms with E-state index in [2.05, 4.69) is 16.7 Å². The molecule has 0 N–H and O–H groups in total. The standard InChI is InChI=1S/C17H29N3O3/c1-17(2,3)20(16(22)23)14-9-15(21)18(4)10-5-6-11-19-12-7-8-13-19/h7-14H2,1-4H3,(H,22,23)/p-1. The predicted octanol–water partition coefficient (Wildman–Crippen LogP) is 0.378. The second-order valence-electron chi connectivity index (χ2n) is 6.92. The quantitative estimate of drug-likeness (QED) is 0.686. The summed E-state index contributed by atoms with van der Waals surface area (Å²) in [7, 11) is 1.69. The minimum absolute atomic E-state index is 0.115. The second kappa shape index (κ2) is 8.78. The van der Waals surface area contributed by atoms with Crippen molar-refractivity contribution in [3.8, 4) is 11.8 Å². The van der Waals surface area contributed by atoms with Gasteiger partial charge in [-0.25, -0.2) is 0 Å². The summed E-state index contributed by atoms with van der Waals surface area (Å²) in [5.41, 5.74) is -0.576. The number of nitrogens with zero attached hydrogens (tertiary/aromatic N) is 3. The number of likely N-dealkylation sites (tertiary alicyclic amines) is 1. The van der Waals surface area contributed by atoms with Crippen LogP contribution < -0.4 is 5.11 Å². The largest absolute Gasteiger partial charge is 0.530 e. The monoisotopic (exact) mass is 322 g/mol. The Morgan fingerprint density at radius 2 is 1.78 bits per heavy atom. The first-order valence-corrected chi connectivity index (χ1v) is 8.12. The summed E-state index contributed by atoms with van der Waals surface area (Å²) in [6, 6.07) is 0. The average Bonchev–Trinajstić information content (AvgIpc) is 2.94. The van der Waals surface area contributed by atoms with Gasteiger partial charge in [0, 0.05) is 25.6 Å². The second-order valence-corrected chi connectivity index (χ2v) is 6.92. The Hall–Kier alpha value is -1.74. The lowest BCUT2D eigenvalue weighted by molar-refractivity contribution is -0.270. The van der Waals surface area contributed by atoms with Crippen LogP contribution in [0.3, 0.4) is 0 Å². The lowest BCUT2D eigenvalue weighted by atomic mass is 10.1. The number of hydrogen-bond acceptors (Lipinski definition) is 4. The Balaban J connectivity index is 2.35. The van der Waals surface area contributed by atoms with Crippen molar-refractivity contribution in [2.75, 3.05) is 39.8 Å². The maximum Gasteiger partial charge on any atom is 0.224 e. The Morgan fingerprint density at radius 3 is 2.30 bits per heavy atom. The van der Waals surface area contributed by atoms with Gasteiger partial charge in [0.25, 0.3) is 0 Å². The van der Waals surface area contributed by atoms with E-state index >= 15 is 0 Å². The van der Waals surface area contributed by atoms with Crippen molar-refractivity contribution < 1.29 is 14.7 Å². The fourth-order valence-corrected chi connectivity index (χ4v) is 2.47. The number of carbonyl (C=O) groups excluding carboxylic acids is 2. The fraction of sp³-hybridized carbons (Fsp3) is 0.765. The van der Waals surface area contributed by atoms with Crippen molar-refractivity contribution in [1.82, 2.24) is 14.7 Å². The normalized spacial score (nSPS) is 15.0. The van der Waals surface area contributed by atoms with E-state index < -0.39 is 11.6 Å². The van der Waals surface area contributed by atoms with E-state index in [1.165, 1.54) is 22.6 Å². The summed E-state index contributed by atoms with van der Waals surface area (Å²) >= 11 is 0. The van der Waals surface area contributed by atoms with Gasteiger partial charge in [0.2, 0.25) is 5.91 Å². The number of carbonyl (C=O) groups is 2. The van der Waals surface area contributed by atoms with Gasteiger partial charge in [-0.15, -0.1) is 0 Å². The third-order valence-corrected chi connectivity index (χ3v) is 3.95. The number of amides is 2. The van der Waals surface area contributed by atoms with Crippen molar-refractivity contribution in [2.45, 2.75) is 45.6 Å². The highest BCUT2D eigenvalue weighted by atomic mass is 16.4. The Labute approximate surface area is 139 Å². The van der Waals surface area contributed by atoms with Gasteiger partial charge in [-0.1, -0.05) is 11.8 Å². The summed E-state index contributed by atoms with van der Waals surface area (Å²) in [6.07, 6.45) is 1.36. The molecule has 1 saturated heterocycles. The Kier molecular flexibility index (Phi) is 7.37. The van der Waals surface area contributed by atoms with Crippen LogP contribution in [-0.2, 0) is 4.79 Å². The van der Waals surface area contributed by atoms with E-state index in [4.69, 9.17) is 0 Å². The molecule has 0 bridgehead atoms. The molecule has 0 spiro atoms. The fourth-order valence-electron chi connectivity index (χ4n) is 2.47. The molecule has 0 aromatic heterocycles. The topological polar surface area (TPSA) is 66.9 Å². The van der Waals surface area contributed by atoms with Crippen molar-refractivity contribution in [3.63, 3.8) is 0 Å². The molecule has 1 heterocycles.